The largest absolute Gasteiger partial charge is 0.469 e. The fourth-order valence-electron chi connectivity index (χ4n) is 12.9. The average Bonchev–Trinajstić information content (AvgIpc) is 3.59. The fourth-order valence-corrected chi connectivity index (χ4v) is 12.9. The highest BCUT2D eigenvalue weighted by atomic mass is 16.7. The minimum Gasteiger partial charge on any atom is -0.469 e. The van der Waals surface area contributed by atoms with Crippen molar-refractivity contribution in [3.8, 4) is 0 Å². The van der Waals surface area contributed by atoms with Gasteiger partial charge in [0, 0.05) is 46.7 Å². The van der Waals surface area contributed by atoms with E-state index in [1.807, 2.05) is 6.07 Å². The van der Waals surface area contributed by atoms with Crippen LogP contribution in [-0.2, 0) is 61.8 Å². The Hall–Kier alpha value is -4.16. The van der Waals surface area contributed by atoms with Gasteiger partial charge < -0.3 is 58.0 Å². The van der Waals surface area contributed by atoms with E-state index in [4.69, 9.17) is 42.6 Å². The van der Waals surface area contributed by atoms with Crippen molar-refractivity contribution in [1.82, 2.24) is 0 Å². The molecule has 4 saturated heterocycles. The predicted octanol–water partition coefficient (Wildman–Crippen LogP) is 1.49. The van der Waals surface area contributed by atoms with Crippen LogP contribution < -0.4 is 0 Å². The lowest BCUT2D eigenvalue weighted by Gasteiger charge is -2.65. The Morgan fingerprint density at radius 1 is 0.948 bits per heavy atom. The third kappa shape index (κ3) is 4.49. The van der Waals surface area contributed by atoms with E-state index in [-0.39, 0.29) is 18.4 Å². The minimum atomic E-state index is -2.86. The van der Waals surface area contributed by atoms with E-state index in [0.717, 1.165) is 7.11 Å². The van der Waals surface area contributed by atoms with Gasteiger partial charge in [0.1, 0.15) is 28.8 Å². The number of aliphatic hydroxyl groups is 3. The second kappa shape index (κ2) is 12.7. The molecular formula is C42H48O16. The number of hydrogen-bond acceptors (Lipinski definition) is 16. The summed E-state index contributed by atoms with van der Waals surface area (Å²) in [7, 11) is 2.24. The van der Waals surface area contributed by atoms with Crippen LogP contribution in [0, 0.1) is 34.0 Å². The van der Waals surface area contributed by atoms with Crippen LogP contribution in [0.15, 0.2) is 60.4 Å². The van der Waals surface area contributed by atoms with Gasteiger partial charge in [-0.1, -0.05) is 43.3 Å². The molecule has 0 radical (unpaired) electrons. The number of methoxy groups -OCH3 is 2. The summed E-state index contributed by atoms with van der Waals surface area (Å²) in [5, 5.41) is 37.9. The summed E-state index contributed by atoms with van der Waals surface area (Å²) >= 11 is 0. The maximum Gasteiger partial charge on any atom is 0.366 e. The van der Waals surface area contributed by atoms with E-state index in [1.165, 1.54) is 25.5 Å². The van der Waals surface area contributed by atoms with Gasteiger partial charge >= 0.3 is 23.9 Å². The number of carbonyl (C=O) groups excluding carboxylic acids is 4. The maximum atomic E-state index is 14.5. The van der Waals surface area contributed by atoms with Gasteiger partial charge in [-0.15, -0.1) is 0 Å². The number of epoxide rings is 1. The van der Waals surface area contributed by atoms with Crippen molar-refractivity contribution >= 4 is 30.0 Å². The first-order valence-corrected chi connectivity index (χ1v) is 19.5. The zero-order valence-corrected chi connectivity index (χ0v) is 32.9. The molecule has 3 aliphatic carbocycles. The Morgan fingerprint density at radius 2 is 1.67 bits per heavy atom. The van der Waals surface area contributed by atoms with Crippen molar-refractivity contribution in [1.29, 1.82) is 0 Å². The number of hydrogen-bond donors (Lipinski definition) is 3. The number of ether oxygens (including phenoxy) is 9. The van der Waals surface area contributed by atoms with Crippen LogP contribution in [0.2, 0.25) is 0 Å². The van der Waals surface area contributed by atoms with Gasteiger partial charge in [0.05, 0.1) is 52.0 Å². The Balaban J connectivity index is 1.24. The van der Waals surface area contributed by atoms with E-state index in [1.54, 1.807) is 64.1 Å². The second-order valence-corrected chi connectivity index (χ2v) is 17.3. The average molecular weight is 809 g/mol. The molecule has 7 fully saturated rings. The number of aliphatic hydroxyl groups excluding tert-OH is 1. The Morgan fingerprint density at radius 3 is 2.36 bits per heavy atom. The Labute approximate surface area is 334 Å². The number of allylic oxidation sites excluding steroid dienone is 1. The molecule has 16 heteroatoms. The molecule has 1 aromatic rings. The summed E-state index contributed by atoms with van der Waals surface area (Å²) in [6.45, 7) is 5.66. The number of esters is 4. The Bertz CT molecular complexity index is 2030. The minimum absolute atomic E-state index is 0.222. The van der Waals surface area contributed by atoms with Crippen LogP contribution in [0.25, 0.3) is 6.08 Å². The first kappa shape index (κ1) is 39.3. The molecule has 0 amide bonds. The maximum absolute atomic E-state index is 14.5. The van der Waals surface area contributed by atoms with Crippen LogP contribution in [0.5, 0.6) is 0 Å². The molecule has 0 unspecified atom stereocenters. The lowest BCUT2D eigenvalue weighted by atomic mass is 9.37. The van der Waals surface area contributed by atoms with E-state index in [2.05, 4.69) is 0 Å². The highest BCUT2D eigenvalue weighted by Crippen LogP contribution is 2.83. The highest BCUT2D eigenvalue weighted by molar-refractivity contribution is 5.89. The molecule has 5 heterocycles. The summed E-state index contributed by atoms with van der Waals surface area (Å²) < 4.78 is 54.9. The molecule has 58 heavy (non-hydrogen) atoms. The molecule has 8 aliphatic rings. The van der Waals surface area contributed by atoms with Gasteiger partial charge in [-0.2, -0.15) is 0 Å². The molecule has 0 aromatic heterocycles. The van der Waals surface area contributed by atoms with Crippen molar-refractivity contribution in [3.63, 3.8) is 0 Å². The lowest BCUT2D eigenvalue weighted by Crippen LogP contribution is -2.79. The molecule has 1 spiro atoms. The molecule has 3 N–H and O–H groups in total. The SMILES string of the molecule is CC=C(C)C(=O)O[C@H]1C[C@@H](OC(=O)C=Cc2ccccc2)[C@@]2(C(=O)OC)CO[C@H]3[C@@H](O)[C@@](C)([C@]45O[C@@]4(C)[C@H]4C[C@@H]5O[C@@H]5OC=C[C@@]54O)[C@H]4[C@]1(CO[C@]4(O)C(=O)OC)[C@@H]32. The van der Waals surface area contributed by atoms with E-state index in [9.17, 15) is 34.5 Å². The van der Waals surface area contributed by atoms with Crippen molar-refractivity contribution in [2.75, 3.05) is 27.4 Å². The summed E-state index contributed by atoms with van der Waals surface area (Å²) in [6.07, 6.45) is -0.678. The number of carbonyl (C=O) groups is 4. The van der Waals surface area contributed by atoms with Gasteiger partial charge in [-0.25, -0.2) is 14.4 Å². The van der Waals surface area contributed by atoms with Crippen LogP contribution in [0.4, 0.5) is 0 Å². The third-order valence-electron chi connectivity index (χ3n) is 15.3. The van der Waals surface area contributed by atoms with Gasteiger partial charge in [-0.3, -0.25) is 4.79 Å². The molecule has 9 rings (SSSR count). The zero-order valence-electron chi connectivity index (χ0n) is 32.9. The molecule has 2 bridgehead atoms. The van der Waals surface area contributed by atoms with Crippen molar-refractivity contribution in [2.24, 2.45) is 34.0 Å². The highest BCUT2D eigenvalue weighted by Gasteiger charge is 2.97. The summed E-state index contributed by atoms with van der Waals surface area (Å²) in [4.78, 5) is 56.3. The summed E-state index contributed by atoms with van der Waals surface area (Å²) in [6, 6.07) is 9.00. The number of rotatable bonds is 8. The first-order valence-electron chi connectivity index (χ1n) is 19.5. The van der Waals surface area contributed by atoms with E-state index < -0.39 is 130 Å². The molecule has 16 atom stereocenters. The summed E-state index contributed by atoms with van der Waals surface area (Å²) in [5.74, 6) is -10.0. The van der Waals surface area contributed by atoms with Crippen molar-refractivity contribution < 1.29 is 77.1 Å². The molecule has 312 valence electrons. The topological polar surface area (TPSA) is 215 Å². The van der Waals surface area contributed by atoms with Gasteiger partial charge in [0.2, 0.25) is 6.29 Å². The molecular weight excluding hydrogens is 760 g/mol. The van der Waals surface area contributed by atoms with Crippen LogP contribution in [0.3, 0.4) is 0 Å². The molecule has 16 nitrogen and oxygen atoms in total. The van der Waals surface area contributed by atoms with Gasteiger partial charge in [0.15, 0.2) is 5.60 Å². The third-order valence-corrected chi connectivity index (χ3v) is 15.3. The van der Waals surface area contributed by atoms with Gasteiger partial charge in [-0.05, 0) is 44.9 Å². The number of fused-ring (bicyclic) bond motifs is 7. The van der Waals surface area contributed by atoms with Crippen LogP contribution in [0.1, 0.15) is 46.1 Å². The summed E-state index contributed by atoms with van der Waals surface area (Å²) in [5.41, 5.74) is -9.01. The Kier molecular flexibility index (Phi) is 8.59. The molecule has 1 aromatic carbocycles. The monoisotopic (exact) mass is 808 g/mol. The molecule has 5 aliphatic heterocycles. The second-order valence-electron chi connectivity index (χ2n) is 17.3. The van der Waals surface area contributed by atoms with Crippen molar-refractivity contribution in [2.45, 2.75) is 99.9 Å². The standard InChI is InChI=1S/C42H48O16/c1-7-21(2)31(45)56-24-18-25(55-27(43)14-13-22-11-9-8-10-12-22)39(33(46)50-5)19-53-28-29(39)38(24)20-54-41(49,34(47)51-6)32(38)36(3,30(28)44)42-26-17-23(37(42,4)58-42)40(48)15-16-52-35(40)57-26/h7-16,23-26,28-30,32,35,44,48-49H,17-20H2,1-6H3/t23-,24+,25-,26+,28-,29-,30-,32+,35+,36-,37+,38+,39+,40+,41+,42+/m1/s1. The number of benzene rings is 1. The van der Waals surface area contributed by atoms with E-state index in [0.29, 0.717) is 5.56 Å². The van der Waals surface area contributed by atoms with Crippen LogP contribution in [-0.4, -0.2) is 126 Å². The smallest absolute Gasteiger partial charge is 0.366 e. The fraction of sp³-hybridized carbons (Fsp3) is 0.619. The van der Waals surface area contributed by atoms with Crippen molar-refractivity contribution in [3.05, 3.63) is 66.0 Å². The lowest BCUT2D eigenvalue weighted by molar-refractivity contribution is -0.314. The van der Waals surface area contributed by atoms with Gasteiger partial charge in [0.25, 0.3) is 5.79 Å². The zero-order chi connectivity index (χ0) is 41.4. The molecule has 3 saturated carbocycles. The quantitative estimate of drug-likeness (QED) is 0.147. The van der Waals surface area contributed by atoms with Crippen LogP contribution >= 0.6 is 0 Å². The first-order chi connectivity index (χ1) is 27.5. The predicted molar refractivity (Wildman–Crippen MR) is 194 cm³/mol. The normalized spacial score (nSPS) is 48.9. The van der Waals surface area contributed by atoms with E-state index >= 15 is 0 Å².